The lowest BCUT2D eigenvalue weighted by molar-refractivity contribution is -0.120. The molecule has 10 heteroatoms. The Bertz CT molecular complexity index is 816. The molecule has 1 aromatic heterocycles. The molecule has 0 unspecified atom stereocenters. The zero-order valence-electron chi connectivity index (χ0n) is 18.1. The Morgan fingerprint density at radius 2 is 1.90 bits per heavy atom. The Kier molecular flexibility index (Phi) is 5.54. The topological polar surface area (TPSA) is 114 Å². The highest BCUT2D eigenvalue weighted by molar-refractivity contribution is 6.73. The van der Waals surface area contributed by atoms with Crippen LogP contribution in [-0.2, 0) is 18.4 Å². The molecule has 1 aromatic rings. The van der Waals surface area contributed by atoms with Crippen LogP contribution in [-0.4, -0.2) is 60.7 Å². The maximum Gasteiger partial charge on any atom is 0.349 e. The summed E-state index contributed by atoms with van der Waals surface area (Å²) in [6.45, 7) is 14.1. The van der Waals surface area contributed by atoms with Gasteiger partial charge in [-0.1, -0.05) is 41.5 Å². The lowest BCUT2D eigenvalue weighted by Gasteiger charge is -2.53. The van der Waals surface area contributed by atoms with Gasteiger partial charge in [0, 0.05) is 23.2 Å². The van der Waals surface area contributed by atoms with Crippen molar-refractivity contribution in [3.05, 3.63) is 22.7 Å². The summed E-state index contributed by atoms with van der Waals surface area (Å²) in [6.07, 6.45) is -1.89. The van der Waals surface area contributed by atoms with Crippen molar-refractivity contribution in [2.24, 2.45) is 0 Å². The molecule has 0 aromatic carbocycles. The number of anilines is 1. The molecule has 2 aliphatic rings. The number of hydrogen-bond donors (Lipinski definition) is 2. The van der Waals surface area contributed by atoms with E-state index >= 15 is 0 Å². The number of aromatic nitrogens is 2. The predicted octanol–water partition coefficient (Wildman–Crippen LogP) is 1.67. The van der Waals surface area contributed by atoms with E-state index < -0.39 is 44.7 Å². The monoisotopic (exact) mass is 425 g/mol. The van der Waals surface area contributed by atoms with E-state index in [4.69, 9.17) is 13.6 Å². The second-order valence-corrected chi connectivity index (χ2v) is 14.5. The third-order valence-electron chi connectivity index (χ3n) is 5.53. The van der Waals surface area contributed by atoms with Crippen molar-refractivity contribution < 1.29 is 23.5 Å². The third kappa shape index (κ3) is 3.68. The molecule has 3 heterocycles. The van der Waals surface area contributed by atoms with E-state index in [1.165, 1.54) is 24.1 Å². The number of ether oxygens (including phenoxy) is 1. The van der Waals surface area contributed by atoms with Gasteiger partial charge in [-0.15, -0.1) is 0 Å². The summed E-state index contributed by atoms with van der Waals surface area (Å²) in [4.78, 5) is 31.4. The molecule has 0 saturated carbocycles. The van der Waals surface area contributed by atoms with Gasteiger partial charge in [0.15, 0.2) is 6.23 Å². The summed E-state index contributed by atoms with van der Waals surface area (Å²) in [6, 6.07) is 1.49. The van der Waals surface area contributed by atoms with E-state index in [-0.39, 0.29) is 22.5 Å². The summed E-state index contributed by atoms with van der Waals surface area (Å²) < 4.78 is 18.9. The van der Waals surface area contributed by atoms with Crippen molar-refractivity contribution in [2.45, 2.75) is 83.1 Å². The zero-order valence-corrected chi connectivity index (χ0v) is 19.1. The van der Waals surface area contributed by atoms with Crippen LogP contribution in [0.25, 0.3) is 0 Å². The second kappa shape index (κ2) is 7.27. The Labute approximate surface area is 171 Å². The summed E-state index contributed by atoms with van der Waals surface area (Å²) in [5, 5.41) is 10.6. The number of aliphatic hydroxyl groups is 1. The van der Waals surface area contributed by atoms with E-state index in [9.17, 15) is 14.7 Å². The Morgan fingerprint density at radius 3 is 2.41 bits per heavy atom. The number of carbonyl (C=O) groups excluding carboxylic acids is 1. The van der Waals surface area contributed by atoms with Gasteiger partial charge in [0.2, 0.25) is 5.91 Å². The van der Waals surface area contributed by atoms with Gasteiger partial charge in [-0.05, 0) is 6.07 Å². The minimum absolute atomic E-state index is 0.111. The number of nitrogens with one attached hydrogen (secondary N) is 1. The number of H-pyrrole nitrogens is 1. The maximum atomic E-state index is 12.4. The van der Waals surface area contributed by atoms with Gasteiger partial charge in [0.1, 0.15) is 24.1 Å². The summed E-state index contributed by atoms with van der Waals surface area (Å²) in [7, 11) is -2.81. The molecule has 0 spiro atoms. The Morgan fingerprint density at radius 1 is 1.28 bits per heavy atom. The van der Waals surface area contributed by atoms with Gasteiger partial charge in [-0.3, -0.25) is 9.69 Å². The molecule has 2 N–H and O–H groups in total. The summed E-state index contributed by atoms with van der Waals surface area (Å²) in [5.41, 5.74) is -0.592. The molecule has 162 valence electrons. The lowest BCUT2D eigenvalue weighted by Crippen LogP contribution is -2.65. The van der Waals surface area contributed by atoms with Crippen molar-refractivity contribution in [2.75, 3.05) is 11.5 Å². The number of aliphatic hydroxyl groups excluding tert-OH is 1. The number of aromatic amines is 1. The molecule has 1 amide bonds. The first kappa shape index (κ1) is 22.1. The van der Waals surface area contributed by atoms with Crippen LogP contribution in [0.3, 0.4) is 0 Å². The lowest BCUT2D eigenvalue weighted by atomic mass is 10.1. The standard InChI is InChI=1S/C19H31N3O6Si/c1-11(23)22(13-8-9-20-17(25)21-13)16-14(24)15-12(27-16)10-26-29(28-15,18(2,3)4)19(5,6)7/h8-9,12,14-16,24H,10H2,1-7H3,(H,20,21,25)/t12-,14+,15-,16-/m1/s1. The van der Waals surface area contributed by atoms with Gasteiger partial charge in [-0.25, -0.2) is 4.79 Å². The first-order chi connectivity index (χ1) is 13.3. The van der Waals surface area contributed by atoms with Crippen LogP contribution in [0.2, 0.25) is 10.1 Å². The molecule has 0 radical (unpaired) electrons. The van der Waals surface area contributed by atoms with Crippen LogP contribution in [0.15, 0.2) is 17.1 Å². The third-order valence-corrected chi connectivity index (χ3v) is 10.7. The largest absolute Gasteiger partial charge is 0.391 e. The first-order valence-electron chi connectivity index (χ1n) is 9.79. The fourth-order valence-electron chi connectivity index (χ4n) is 4.52. The maximum absolute atomic E-state index is 12.4. The molecule has 2 aliphatic heterocycles. The zero-order chi connectivity index (χ0) is 21.8. The van der Waals surface area contributed by atoms with E-state index in [1.54, 1.807) is 0 Å². The molecule has 0 bridgehead atoms. The van der Waals surface area contributed by atoms with Gasteiger partial charge in [-0.2, -0.15) is 4.98 Å². The van der Waals surface area contributed by atoms with Crippen molar-refractivity contribution in [3.63, 3.8) is 0 Å². The van der Waals surface area contributed by atoms with Crippen LogP contribution >= 0.6 is 0 Å². The number of hydrogen-bond acceptors (Lipinski definition) is 7. The van der Waals surface area contributed by atoms with E-state index in [0.29, 0.717) is 0 Å². The smallest absolute Gasteiger partial charge is 0.349 e. The fourth-order valence-corrected chi connectivity index (χ4v) is 9.48. The average molecular weight is 426 g/mol. The highest BCUT2D eigenvalue weighted by atomic mass is 28.4. The van der Waals surface area contributed by atoms with E-state index in [1.807, 2.05) is 0 Å². The van der Waals surface area contributed by atoms with Crippen molar-refractivity contribution in [1.29, 1.82) is 0 Å². The Balaban J connectivity index is 1.95. The molecule has 2 fully saturated rings. The predicted molar refractivity (Wildman–Crippen MR) is 109 cm³/mol. The number of nitrogens with zero attached hydrogens (tertiary/aromatic N) is 2. The van der Waals surface area contributed by atoms with Crippen molar-refractivity contribution in [3.8, 4) is 0 Å². The SMILES string of the molecule is CC(=O)N(c1cc[nH]c(=O)n1)[C@@H]1O[C@@H]2CO[Si](C(C)(C)C)(C(C)(C)C)O[C@H]2[C@@H]1O. The fraction of sp³-hybridized carbons (Fsp3) is 0.737. The van der Waals surface area contributed by atoms with Gasteiger partial charge in [0.05, 0.1) is 6.61 Å². The highest BCUT2D eigenvalue weighted by Crippen LogP contribution is 2.55. The first-order valence-corrected chi connectivity index (χ1v) is 11.6. The second-order valence-electron chi connectivity index (χ2n) is 9.71. The molecule has 29 heavy (non-hydrogen) atoms. The highest BCUT2D eigenvalue weighted by Gasteiger charge is 2.65. The molecule has 4 atom stereocenters. The molecular formula is C19H31N3O6Si. The molecular weight excluding hydrogens is 394 g/mol. The van der Waals surface area contributed by atoms with E-state index in [0.717, 1.165) is 0 Å². The van der Waals surface area contributed by atoms with Gasteiger partial charge >= 0.3 is 14.3 Å². The quantitative estimate of drug-likeness (QED) is 0.693. The number of amides is 1. The molecule has 0 aliphatic carbocycles. The van der Waals surface area contributed by atoms with Crippen LogP contribution in [0.1, 0.15) is 48.5 Å². The summed E-state index contributed by atoms with van der Waals surface area (Å²) >= 11 is 0. The molecule has 2 saturated heterocycles. The normalized spacial score (nSPS) is 29.4. The minimum Gasteiger partial charge on any atom is -0.391 e. The van der Waals surface area contributed by atoms with Gasteiger partial charge < -0.3 is 23.7 Å². The molecule has 9 nitrogen and oxygen atoms in total. The van der Waals surface area contributed by atoms with Crippen LogP contribution < -0.4 is 10.6 Å². The number of rotatable bonds is 2. The van der Waals surface area contributed by atoms with Crippen molar-refractivity contribution >= 4 is 20.3 Å². The van der Waals surface area contributed by atoms with Gasteiger partial charge in [0.25, 0.3) is 0 Å². The number of carbonyl (C=O) groups is 1. The van der Waals surface area contributed by atoms with Crippen LogP contribution in [0, 0.1) is 0 Å². The Hall–Kier alpha value is -1.59. The van der Waals surface area contributed by atoms with Crippen molar-refractivity contribution in [1.82, 2.24) is 9.97 Å². The van der Waals surface area contributed by atoms with E-state index in [2.05, 4.69) is 51.5 Å². The molecule has 3 rings (SSSR count). The van der Waals surface area contributed by atoms with Crippen LogP contribution in [0.5, 0.6) is 0 Å². The van der Waals surface area contributed by atoms with Crippen LogP contribution in [0.4, 0.5) is 5.82 Å². The summed E-state index contributed by atoms with van der Waals surface area (Å²) in [5.74, 6) is -0.290. The average Bonchev–Trinajstić information content (AvgIpc) is 2.89. The number of fused-ring (bicyclic) bond motifs is 1. The minimum atomic E-state index is -2.81.